The van der Waals surface area contributed by atoms with E-state index in [9.17, 15) is 14.7 Å². The van der Waals surface area contributed by atoms with Gasteiger partial charge in [0, 0.05) is 42.9 Å². The standard InChI is InChI=1S/C30H30N4O3/c1-20-6-8-22(9-7-20)17-29(35)31-23-10-11-27-25(18-23)26(30(36)37)19-28(32-27)34-14-12-33(13-15-34)24-5-3-4-21(2)16-24/h3-11,16,18-19H,12-15,17H2,1-2H3,(H,31,35)(H,36,37). The topological polar surface area (TPSA) is 85.8 Å². The summed E-state index contributed by atoms with van der Waals surface area (Å²) in [7, 11) is 0. The number of carboxylic acids is 1. The van der Waals surface area contributed by atoms with Crippen LogP contribution in [0.3, 0.4) is 0 Å². The maximum Gasteiger partial charge on any atom is 0.336 e. The molecule has 0 unspecified atom stereocenters. The lowest BCUT2D eigenvalue weighted by Gasteiger charge is -2.37. The molecule has 0 spiro atoms. The molecule has 0 atom stereocenters. The average Bonchev–Trinajstić information content (AvgIpc) is 2.89. The number of piperazine rings is 1. The minimum Gasteiger partial charge on any atom is -0.478 e. The van der Waals surface area contributed by atoms with Crippen molar-refractivity contribution < 1.29 is 14.7 Å². The largest absolute Gasteiger partial charge is 0.478 e. The number of carboxylic acid groups (broad SMARTS) is 1. The van der Waals surface area contributed by atoms with Crippen LogP contribution in [0.1, 0.15) is 27.0 Å². The molecule has 4 aromatic rings. The van der Waals surface area contributed by atoms with Gasteiger partial charge in [0.2, 0.25) is 5.91 Å². The molecule has 0 radical (unpaired) electrons. The highest BCUT2D eigenvalue weighted by Crippen LogP contribution is 2.28. The number of amides is 1. The van der Waals surface area contributed by atoms with E-state index >= 15 is 0 Å². The molecule has 1 aliphatic heterocycles. The number of pyridine rings is 1. The lowest BCUT2D eigenvalue weighted by Crippen LogP contribution is -2.46. The first kappa shape index (κ1) is 24.3. The van der Waals surface area contributed by atoms with Gasteiger partial charge in [0.25, 0.3) is 0 Å². The summed E-state index contributed by atoms with van der Waals surface area (Å²) in [6.07, 6.45) is 0.246. The number of hydrogen-bond acceptors (Lipinski definition) is 5. The molecule has 1 aliphatic rings. The third-order valence-corrected chi connectivity index (χ3v) is 6.77. The molecule has 0 saturated carbocycles. The second-order valence-corrected chi connectivity index (χ2v) is 9.59. The monoisotopic (exact) mass is 494 g/mol. The van der Waals surface area contributed by atoms with E-state index in [1.54, 1.807) is 24.3 Å². The van der Waals surface area contributed by atoms with Crippen LogP contribution in [0.4, 0.5) is 17.2 Å². The zero-order valence-corrected chi connectivity index (χ0v) is 21.1. The Kier molecular flexibility index (Phi) is 6.77. The van der Waals surface area contributed by atoms with Crippen molar-refractivity contribution in [3.63, 3.8) is 0 Å². The predicted octanol–water partition coefficient (Wildman–Crippen LogP) is 5.06. The van der Waals surface area contributed by atoms with Crippen molar-refractivity contribution in [3.05, 3.63) is 95.1 Å². The maximum absolute atomic E-state index is 12.6. The van der Waals surface area contributed by atoms with Crippen molar-refractivity contribution in [2.24, 2.45) is 0 Å². The second kappa shape index (κ2) is 10.3. The Bertz CT molecular complexity index is 1460. The Morgan fingerprint density at radius 2 is 1.59 bits per heavy atom. The SMILES string of the molecule is Cc1ccc(CC(=O)Nc2ccc3nc(N4CCN(c5cccc(C)c5)CC4)cc(C(=O)O)c3c2)cc1. The number of aromatic carboxylic acids is 1. The van der Waals surface area contributed by atoms with Gasteiger partial charge in [0.05, 0.1) is 17.5 Å². The van der Waals surface area contributed by atoms with Gasteiger partial charge in [-0.2, -0.15) is 0 Å². The number of aryl methyl sites for hydroxylation is 2. The fourth-order valence-corrected chi connectivity index (χ4v) is 4.74. The van der Waals surface area contributed by atoms with Crippen LogP contribution in [-0.2, 0) is 11.2 Å². The molecule has 3 aromatic carbocycles. The third-order valence-electron chi connectivity index (χ3n) is 6.77. The zero-order valence-electron chi connectivity index (χ0n) is 21.1. The van der Waals surface area contributed by atoms with Gasteiger partial charge < -0.3 is 20.2 Å². The van der Waals surface area contributed by atoms with Gasteiger partial charge in [-0.05, 0) is 61.4 Å². The summed E-state index contributed by atoms with van der Waals surface area (Å²) in [4.78, 5) is 34.0. The summed E-state index contributed by atoms with van der Waals surface area (Å²) < 4.78 is 0. The Labute approximate surface area is 216 Å². The van der Waals surface area contributed by atoms with Crippen LogP contribution in [0.15, 0.2) is 72.8 Å². The molecule has 5 rings (SSSR count). The van der Waals surface area contributed by atoms with Crippen molar-refractivity contribution in [1.82, 2.24) is 4.98 Å². The van der Waals surface area contributed by atoms with E-state index in [2.05, 4.69) is 46.3 Å². The summed E-state index contributed by atoms with van der Waals surface area (Å²) in [6.45, 7) is 7.25. The van der Waals surface area contributed by atoms with Crippen LogP contribution < -0.4 is 15.1 Å². The lowest BCUT2D eigenvalue weighted by molar-refractivity contribution is -0.115. The predicted molar refractivity (Wildman–Crippen MR) is 148 cm³/mol. The van der Waals surface area contributed by atoms with E-state index in [0.717, 1.165) is 37.3 Å². The van der Waals surface area contributed by atoms with Gasteiger partial charge in [-0.1, -0.05) is 42.0 Å². The molecule has 0 bridgehead atoms. The number of hydrogen-bond donors (Lipinski definition) is 2. The smallest absolute Gasteiger partial charge is 0.336 e. The first-order valence-corrected chi connectivity index (χ1v) is 12.5. The number of benzene rings is 3. The molecule has 7 heteroatoms. The number of fused-ring (bicyclic) bond motifs is 1. The first-order chi connectivity index (χ1) is 17.9. The second-order valence-electron chi connectivity index (χ2n) is 9.59. The number of anilines is 3. The minimum atomic E-state index is -1.02. The van der Waals surface area contributed by atoms with Crippen LogP contribution in [0.5, 0.6) is 0 Å². The Balaban J connectivity index is 1.33. The normalized spacial score (nSPS) is 13.6. The van der Waals surface area contributed by atoms with Crippen LogP contribution in [0.2, 0.25) is 0 Å². The molecule has 37 heavy (non-hydrogen) atoms. The number of rotatable bonds is 6. The van der Waals surface area contributed by atoms with Crippen molar-refractivity contribution in [1.29, 1.82) is 0 Å². The van der Waals surface area contributed by atoms with E-state index < -0.39 is 5.97 Å². The van der Waals surface area contributed by atoms with E-state index in [1.807, 2.05) is 31.2 Å². The van der Waals surface area contributed by atoms with E-state index in [1.165, 1.54) is 11.3 Å². The molecule has 1 saturated heterocycles. The quantitative estimate of drug-likeness (QED) is 0.390. The number of carbonyl (C=O) groups excluding carboxylic acids is 1. The number of aromatic nitrogens is 1. The highest BCUT2D eigenvalue weighted by Gasteiger charge is 2.21. The van der Waals surface area contributed by atoms with Crippen molar-refractivity contribution >= 4 is 40.0 Å². The van der Waals surface area contributed by atoms with Gasteiger partial charge in [-0.25, -0.2) is 9.78 Å². The molecule has 2 N–H and O–H groups in total. The van der Waals surface area contributed by atoms with Crippen molar-refractivity contribution in [2.45, 2.75) is 20.3 Å². The average molecular weight is 495 g/mol. The fraction of sp³-hybridized carbons (Fsp3) is 0.233. The Hall–Kier alpha value is -4.39. The zero-order chi connectivity index (χ0) is 25.9. The maximum atomic E-state index is 12.6. The van der Waals surface area contributed by atoms with Gasteiger partial charge >= 0.3 is 5.97 Å². The summed E-state index contributed by atoms with van der Waals surface area (Å²) in [6, 6.07) is 23.2. The van der Waals surface area contributed by atoms with Gasteiger partial charge in [-0.15, -0.1) is 0 Å². The van der Waals surface area contributed by atoms with Crippen LogP contribution in [0.25, 0.3) is 10.9 Å². The summed E-state index contributed by atoms with van der Waals surface area (Å²) in [5.41, 5.74) is 5.81. The van der Waals surface area contributed by atoms with Gasteiger partial charge in [0.15, 0.2) is 0 Å². The molecular formula is C30H30N4O3. The number of carbonyl (C=O) groups is 2. The summed E-state index contributed by atoms with van der Waals surface area (Å²) in [5.74, 6) is -0.517. The van der Waals surface area contributed by atoms with E-state index in [0.29, 0.717) is 22.4 Å². The molecule has 1 fully saturated rings. The van der Waals surface area contributed by atoms with Gasteiger partial charge in [0.1, 0.15) is 5.82 Å². The number of nitrogens with one attached hydrogen (secondary N) is 1. The highest BCUT2D eigenvalue weighted by molar-refractivity contribution is 6.05. The summed E-state index contributed by atoms with van der Waals surface area (Å²) >= 11 is 0. The lowest BCUT2D eigenvalue weighted by atomic mass is 10.1. The Morgan fingerprint density at radius 1 is 0.865 bits per heavy atom. The molecule has 1 aromatic heterocycles. The van der Waals surface area contributed by atoms with Crippen molar-refractivity contribution in [3.8, 4) is 0 Å². The molecule has 188 valence electrons. The van der Waals surface area contributed by atoms with Crippen molar-refractivity contribution in [2.75, 3.05) is 41.3 Å². The fourth-order valence-electron chi connectivity index (χ4n) is 4.74. The van der Waals surface area contributed by atoms with Crippen LogP contribution in [-0.4, -0.2) is 48.1 Å². The summed E-state index contributed by atoms with van der Waals surface area (Å²) in [5, 5.41) is 13.4. The first-order valence-electron chi connectivity index (χ1n) is 12.5. The van der Waals surface area contributed by atoms with E-state index in [4.69, 9.17) is 4.98 Å². The molecule has 2 heterocycles. The molecule has 7 nitrogen and oxygen atoms in total. The minimum absolute atomic E-state index is 0.156. The van der Waals surface area contributed by atoms with Gasteiger partial charge in [-0.3, -0.25) is 4.79 Å². The molecular weight excluding hydrogens is 464 g/mol. The Morgan fingerprint density at radius 3 is 2.30 bits per heavy atom. The van der Waals surface area contributed by atoms with Crippen LogP contribution in [0, 0.1) is 13.8 Å². The number of nitrogens with zero attached hydrogens (tertiary/aromatic N) is 3. The van der Waals surface area contributed by atoms with Crippen LogP contribution >= 0.6 is 0 Å². The van der Waals surface area contributed by atoms with E-state index in [-0.39, 0.29) is 17.9 Å². The molecule has 0 aliphatic carbocycles. The molecule has 1 amide bonds. The highest BCUT2D eigenvalue weighted by atomic mass is 16.4. The third kappa shape index (κ3) is 5.56.